The van der Waals surface area contributed by atoms with Gasteiger partial charge in [-0.15, -0.1) is 0 Å². The number of aromatic hydroxyl groups is 1. The van der Waals surface area contributed by atoms with Crippen LogP contribution in [-0.4, -0.2) is 29.5 Å². The minimum Gasteiger partial charge on any atom is -0.508 e. The van der Waals surface area contributed by atoms with Crippen molar-refractivity contribution in [3.8, 4) is 5.75 Å². The third-order valence-corrected chi connectivity index (χ3v) is 4.49. The number of nitrogens with one attached hydrogen (secondary N) is 1. The smallest absolute Gasteiger partial charge is 0.116 e. The fourth-order valence-electron chi connectivity index (χ4n) is 3.52. The number of hydrogen-bond acceptors (Lipinski definition) is 4. The highest BCUT2D eigenvalue weighted by Crippen LogP contribution is 2.45. The summed E-state index contributed by atoms with van der Waals surface area (Å²) >= 11 is 0. The maximum atomic E-state index is 9.71. The molecule has 110 valence electrons. The van der Waals surface area contributed by atoms with E-state index in [0.717, 1.165) is 50.0 Å². The minimum atomic E-state index is 0.103. The normalized spacial score (nSPS) is 28.4. The number of benzene rings is 1. The first-order valence-corrected chi connectivity index (χ1v) is 7.61. The Kier molecular flexibility index (Phi) is 4.13. The Labute approximate surface area is 119 Å². The van der Waals surface area contributed by atoms with Gasteiger partial charge in [-0.05, 0) is 50.3 Å². The van der Waals surface area contributed by atoms with Gasteiger partial charge in [-0.3, -0.25) is 0 Å². The average Bonchev–Trinajstić information content (AvgIpc) is 2.48. The number of anilines is 1. The van der Waals surface area contributed by atoms with Crippen molar-refractivity contribution in [2.45, 2.75) is 44.2 Å². The summed E-state index contributed by atoms with van der Waals surface area (Å²) in [5.74, 6) is 0.772. The van der Waals surface area contributed by atoms with Crippen molar-refractivity contribution in [3.63, 3.8) is 0 Å². The molecule has 3 N–H and O–H groups in total. The number of aliphatic hydroxyl groups excluding tert-OH is 1. The van der Waals surface area contributed by atoms with E-state index >= 15 is 0 Å². The molecule has 0 aliphatic carbocycles. The second kappa shape index (κ2) is 6.02. The molecule has 2 aliphatic heterocycles. The molecule has 0 bridgehead atoms. The number of hydrogen-bond donors (Lipinski definition) is 3. The summed E-state index contributed by atoms with van der Waals surface area (Å²) in [6.45, 7) is 1.07. The first-order chi connectivity index (χ1) is 9.79. The molecule has 0 amide bonds. The Morgan fingerprint density at radius 1 is 1.30 bits per heavy atom. The van der Waals surface area contributed by atoms with Crippen LogP contribution in [0.25, 0.3) is 0 Å². The van der Waals surface area contributed by atoms with Crippen LogP contribution in [0.4, 0.5) is 5.69 Å². The van der Waals surface area contributed by atoms with Crippen LogP contribution in [0.2, 0.25) is 0 Å². The average molecular weight is 277 g/mol. The molecular weight excluding hydrogens is 254 g/mol. The van der Waals surface area contributed by atoms with Gasteiger partial charge in [0.15, 0.2) is 0 Å². The second-order valence-corrected chi connectivity index (χ2v) is 5.84. The molecule has 1 saturated heterocycles. The fraction of sp³-hybridized carbons (Fsp3) is 0.625. The van der Waals surface area contributed by atoms with Crippen molar-refractivity contribution in [1.82, 2.24) is 0 Å². The molecule has 2 heterocycles. The monoisotopic (exact) mass is 277 g/mol. The lowest BCUT2D eigenvalue weighted by atomic mass is 9.78. The molecule has 20 heavy (non-hydrogen) atoms. The van der Waals surface area contributed by atoms with Crippen molar-refractivity contribution in [1.29, 1.82) is 0 Å². The second-order valence-electron chi connectivity index (χ2n) is 5.84. The number of phenolic OH excluding ortho intramolecular Hbond substituents is 1. The van der Waals surface area contributed by atoms with Crippen molar-refractivity contribution in [2.75, 3.05) is 18.5 Å². The van der Waals surface area contributed by atoms with E-state index in [1.807, 2.05) is 12.1 Å². The highest BCUT2D eigenvalue weighted by molar-refractivity contribution is 5.58. The van der Waals surface area contributed by atoms with Gasteiger partial charge in [-0.25, -0.2) is 0 Å². The summed E-state index contributed by atoms with van der Waals surface area (Å²) in [7, 11) is 0. The third-order valence-electron chi connectivity index (χ3n) is 4.49. The number of aliphatic hydroxyl groups is 1. The molecule has 0 saturated carbocycles. The molecule has 0 spiro atoms. The van der Waals surface area contributed by atoms with Crippen LogP contribution in [0.5, 0.6) is 5.75 Å². The first kappa shape index (κ1) is 13.7. The van der Waals surface area contributed by atoms with Gasteiger partial charge in [0, 0.05) is 36.4 Å². The Morgan fingerprint density at radius 2 is 2.20 bits per heavy atom. The van der Waals surface area contributed by atoms with E-state index in [1.54, 1.807) is 6.07 Å². The van der Waals surface area contributed by atoms with Crippen molar-refractivity contribution in [2.24, 2.45) is 5.92 Å². The Morgan fingerprint density at radius 3 is 3.05 bits per heavy atom. The molecule has 3 atom stereocenters. The van der Waals surface area contributed by atoms with Gasteiger partial charge in [0.2, 0.25) is 0 Å². The summed E-state index contributed by atoms with van der Waals surface area (Å²) < 4.78 is 6.00. The third kappa shape index (κ3) is 2.63. The van der Waals surface area contributed by atoms with Gasteiger partial charge in [0.05, 0.1) is 6.10 Å². The van der Waals surface area contributed by atoms with Gasteiger partial charge in [0.1, 0.15) is 5.75 Å². The zero-order chi connectivity index (χ0) is 13.9. The van der Waals surface area contributed by atoms with Crippen molar-refractivity contribution < 1.29 is 14.9 Å². The highest BCUT2D eigenvalue weighted by atomic mass is 16.5. The van der Waals surface area contributed by atoms with E-state index < -0.39 is 0 Å². The van der Waals surface area contributed by atoms with Crippen LogP contribution in [-0.2, 0) is 4.74 Å². The molecule has 1 aromatic rings. The molecule has 4 nitrogen and oxygen atoms in total. The number of unbranched alkanes of at least 4 members (excludes halogenated alkanes) is 1. The van der Waals surface area contributed by atoms with Crippen molar-refractivity contribution in [3.05, 3.63) is 23.8 Å². The van der Waals surface area contributed by atoms with Gasteiger partial charge >= 0.3 is 0 Å². The highest BCUT2D eigenvalue weighted by Gasteiger charge is 2.38. The zero-order valence-corrected chi connectivity index (χ0v) is 11.7. The fourth-order valence-corrected chi connectivity index (χ4v) is 3.52. The van der Waals surface area contributed by atoms with Gasteiger partial charge < -0.3 is 20.3 Å². The number of rotatable bonds is 4. The zero-order valence-electron chi connectivity index (χ0n) is 11.7. The van der Waals surface area contributed by atoms with E-state index in [0.29, 0.717) is 17.7 Å². The molecule has 0 radical (unpaired) electrons. The van der Waals surface area contributed by atoms with Gasteiger partial charge in [-0.1, -0.05) is 0 Å². The predicted molar refractivity (Wildman–Crippen MR) is 77.9 cm³/mol. The number of fused-ring (bicyclic) bond motifs is 3. The summed E-state index contributed by atoms with van der Waals surface area (Å²) in [5.41, 5.74) is 2.17. The molecule has 1 aromatic carbocycles. The lowest BCUT2D eigenvalue weighted by Gasteiger charge is -2.43. The summed E-state index contributed by atoms with van der Waals surface area (Å²) in [6, 6.07) is 5.90. The SMILES string of the molecule is OCCCC[C@H]1Nc2ccc(O)cc2[C@@H]2OCCC[C@H]12. The molecule has 0 unspecified atom stereocenters. The van der Waals surface area contributed by atoms with Crippen LogP contribution >= 0.6 is 0 Å². The van der Waals surface area contributed by atoms with E-state index in [4.69, 9.17) is 9.84 Å². The Bertz CT molecular complexity index is 463. The summed E-state index contributed by atoms with van der Waals surface area (Å²) in [6.07, 6.45) is 5.32. The minimum absolute atomic E-state index is 0.103. The molecule has 2 aliphatic rings. The van der Waals surface area contributed by atoms with E-state index in [1.165, 1.54) is 0 Å². The Hall–Kier alpha value is -1.26. The van der Waals surface area contributed by atoms with Crippen LogP contribution in [0.3, 0.4) is 0 Å². The van der Waals surface area contributed by atoms with E-state index in [9.17, 15) is 5.11 Å². The van der Waals surface area contributed by atoms with Crippen LogP contribution in [0.1, 0.15) is 43.8 Å². The molecule has 3 rings (SSSR count). The molecule has 0 aromatic heterocycles. The standard InChI is InChI=1S/C16H23NO3/c18-8-2-1-5-14-12-4-3-9-20-16(12)13-10-11(19)6-7-15(13)17-14/h6-7,10,12,14,16-19H,1-5,8-9H2/t12-,14-,16-/m1/s1. The molecule has 4 heteroatoms. The van der Waals surface area contributed by atoms with Crippen LogP contribution in [0, 0.1) is 5.92 Å². The number of phenols is 1. The van der Waals surface area contributed by atoms with Gasteiger partial charge in [-0.2, -0.15) is 0 Å². The lowest BCUT2D eigenvalue weighted by Crippen LogP contribution is -2.41. The number of ether oxygens (including phenoxy) is 1. The first-order valence-electron chi connectivity index (χ1n) is 7.61. The van der Waals surface area contributed by atoms with E-state index in [2.05, 4.69) is 5.32 Å². The maximum Gasteiger partial charge on any atom is 0.116 e. The lowest BCUT2D eigenvalue weighted by molar-refractivity contribution is -0.0388. The quantitative estimate of drug-likeness (QED) is 0.585. The van der Waals surface area contributed by atoms with E-state index in [-0.39, 0.29) is 12.7 Å². The Balaban J connectivity index is 1.83. The summed E-state index contributed by atoms with van der Waals surface area (Å²) in [4.78, 5) is 0. The van der Waals surface area contributed by atoms with Crippen molar-refractivity contribution >= 4 is 5.69 Å². The topological polar surface area (TPSA) is 61.7 Å². The predicted octanol–water partition coefficient (Wildman–Crippen LogP) is 2.82. The molecule has 1 fully saturated rings. The molecular formula is C16H23NO3. The van der Waals surface area contributed by atoms with Crippen LogP contribution in [0.15, 0.2) is 18.2 Å². The van der Waals surface area contributed by atoms with Gasteiger partial charge in [0.25, 0.3) is 0 Å². The maximum absolute atomic E-state index is 9.71. The van der Waals surface area contributed by atoms with Crippen LogP contribution < -0.4 is 5.32 Å². The largest absolute Gasteiger partial charge is 0.508 e. The summed E-state index contributed by atoms with van der Waals surface area (Å²) in [5, 5.41) is 22.3.